The number of aromatic nitrogens is 3. The molecule has 1 aromatic heterocycles. The molecule has 3 heterocycles. The van der Waals surface area contributed by atoms with Gasteiger partial charge in [0.1, 0.15) is 23.9 Å². The molecule has 2 aromatic rings. The Morgan fingerprint density at radius 3 is 2.79 bits per heavy atom. The number of imide groups is 1. The number of fused-ring (bicyclic) bond motifs is 1. The van der Waals surface area contributed by atoms with Crippen molar-refractivity contribution in [1.82, 2.24) is 25.2 Å². The fourth-order valence-electron chi connectivity index (χ4n) is 4.84. The minimum absolute atomic E-state index is 0.0997. The minimum Gasteiger partial charge on any atom is -0.383 e. The Kier molecular flexibility index (Phi) is 5.20. The highest BCUT2D eigenvalue weighted by molar-refractivity contribution is 6.06. The zero-order valence-electron chi connectivity index (χ0n) is 17.9. The van der Waals surface area contributed by atoms with E-state index in [1.165, 1.54) is 9.58 Å². The van der Waals surface area contributed by atoms with E-state index in [0.29, 0.717) is 35.3 Å². The lowest BCUT2D eigenvalue weighted by Crippen LogP contribution is -2.52. The summed E-state index contributed by atoms with van der Waals surface area (Å²) in [5, 5.41) is 23.7. The second-order valence-electron chi connectivity index (χ2n) is 8.82. The summed E-state index contributed by atoms with van der Waals surface area (Å²) in [4.78, 5) is 50.7. The molecule has 0 spiro atoms. The summed E-state index contributed by atoms with van der Waals surface area (Å²) >= 11 is 0. The van der Waals surface area contributed by atoms with Crippen LogP contribution in [-0.2, 0) is 33.1 Å². The first-order chi connectivity index (χ1) is 15.8. The van der Waals surface area contributed by atoms with Crippen molar-refractivity contribution in [2.75, 3.05) is 5.32 Å². The molecule has 1 atom stereocenters. The van der Waals surface area contributed by atoms with Crippen LogP contribution in [0.15, 0.2) is 24.4 Å². The Balaban J connectivity index is 1.28. The van der Waals surface area contributed by atoms with Crippen LogP contribution in [0.4, 0.5) is 5.69 Å². The normalized spacial score (nSPS) is 21.8. The average molecular weight is 452 g/mol. The third kappa shape index (κ3) is 3.88. The molecule has 0 radical (unpaired) electrons. The summed E-state index contributed by atoms with van der Waals surface area (Å²) in [7, 11) is 0. The second kappa shape index (κ2) is 8.07. The molecule has 1 unspecified atom stereocenters. The standard InChI is InChI=1S/C22H24N6O5/c29-18-7-6-16(20(31)24-18)28-10-14-13(21(28)32)4-3-5-15(14)23-19(30)12-27-11-17(25-26-27)22(33)8-1-2-9-22/h3-5,11,16,33H,1-2,6-10,12H2,(H,23,30)(H,24,29,31). The van der Waals surface area contributed by atoms with Gasteiger partial charge in [0.05, 0.1) is 6.20 Å². The van der Waals surface area contributed by atoms with E-state index >= 15 is 0 Å². The zero-order valence-corrected chi connectivity index (χ0v) is 17.9. The van der Waals surface area contributed by atoms with Crippen molar-refractivity contribution in [3.63, 3.8) is 0 Å². The van der Waals surface area contributed by atoms with E-state index in [1.54, 1.807) is 24.4 Å². The number of piperidine rings is 1. The number of carbonyl (C=O) groups is 4. The first kappa shape index (κ1) is 21.3. The SMILES string of the molecule is O=C1CCC(N2Cc3c(NC(=O)Cn4cc(C5(O)CCCC5)nn4)cccc3C2=O)C(=O)N1. The predicted molar refractivity (Wildman–Crippen MR) is 114 cm³/mol. The molecular formula is C22H24N6O5. The highest BCUT2D eigenvalue weighted by atomic mass is 16.3. The van der Waals surface area contributed by atoms with Crippen molar-refractivity contribution < 1.29 is 24.3 Å². The van der Waals surface area contributed by atoms with Gasteiger partial charge in [-0.1, -0.05) is 24.1 Å². The first-order valence-electron chi connectivity index (χ1n) is 11.0. The number of anilines is 1. The molecule has 172 valence electrons. The largest absolute Gasteiger partial charge is 0.383 e. The van der Waals surface area contributed by atoms with Crippen LogP contribution >= 0.6 is 0 Å². The maximum atomic E-state index is 12.9. The molecule has 4 amide bonds. The Hall–Kier alpha value is -3.60. The van der Waals surface area contributed by atoms with Gasteiger partial charge >= 0.3 is 0 Å². The molecule has 2 fully saturated rings. The minimum atomic E-state index is -0.977. The summed E-state index contributed by atoms with van der Waals surface area (Å²) in [5.41, 5.74) is 1.02. The van der Waals surface area contributed by atoms with Gasteiger partial charge in [-0.05, 0) is 31.4 Å². The van der Waals surface area contributed by atoms with E-state index in [4.69, 9.17) is 0 Å². The van der Waals surface area contributed by atoms with Crippen molar-refractivity contribution >= 4 is 29.3 Å². The van der Waals surface area contributed by atoms with Gasteiger partial charge in [-0.15, -0.1) is 5.10 Å². The smallest absolute Gasteiger partial charge is 0.255 e. The number of amides is 4. The molecule has 0 bridgehead atoms. The monoisotopic (exact) mass is 452 g/mol. The van der Waals surface area contributed by atoms with Gasteiger partial charge in [-0.25, -0.2) is 4.68 Å². The van der Waals surface area contributed by atoms with Crippen LogP contribution in [0, 0.1) is 0 Å². The van der Waals surface area contributed by atoms with Crippen molar-refractivity contribution in [2.24, 2.45) is 0 Å². The maximum Gasteiger partial charge on any atom is 0.255 e. The lowest BCUT2D eigenvalue weighted by molar-refractivity contribution is -0.137. The molecule has 3 aliphatic rings. The van der Waals surface area contributed by atoms with Crippen LogP contribution < -0.4 is 10.6 Å². The van der Waals surface area contributed by atoms with E-state index in [1.807, 2.05) is 0 Å². The highest BCUT2D eigenvalue weighted by Gasteiger charge is 2.40. The molecule has 5 rings (SSSR count). The van der Waals surface area contributed by atoms with Crippen molar-refractivity contribution in [1.29, 1.82) is 0 Å². The van der Waals surface area contributed by atoms with E-state index in [0.717, 1.165) is 12.8 Å². The van der Waals surface area contributed by atoms with Crippen molar-refractivity contribution in [3.05, 3.63) is 41.2 Å². The van der Waals surface area contributed by atoms with Crippen molar-refractivity contribution in [3.8, 4) is 0 Å². The van der Waals surface area contributed by atoms with Gasteiger partial charge in [-0.2, -0.15) is 0 Å². The second-order valence-corrected chi connectivity index (χ2v) is 8.82. The summed E-state index contributed by atoms with van der Waals surface area (Å²) in [6.45, 7) is 0.0644. The third-order valence-corrected chi connectivity index (χ3v) is 6.61. The molecule has 2 aliphatic heterocycles. The fourth-order valence-corrected chi connectivity index (χ4v) is 4.84. The fraction of sp³-hybridized carbons (Fsp3) is 0.455. The molecule has 1 aliphatic carbocycles. The number of nitrogens with one attached hydrogen (secondary N) is 2. The van der Waals surface area contributed by atoms with Gasteiger partial charge < -0.3 is 15.3 Å². The van der Waals surface area contributed by atoms with Crippen LogP contribution in [0.3, 0.4) is 0 Å². The van der Waals surface area contributed by atoms with Crippen LogP contribution in [0.5, 0.6) is 0 Å². The first-order valence-corrected chi connectivity index (χ1v) is 11.0. The van der Waals surface area contributed by atoms with Crippen LogP contribution in [0.1, 0.15) is 60.1 Å². The number of hydrogen-bond acceptors (Lipinski definition) is 7. The molecule has 1 saturated carbocycles. The van der Waals surface area contributed by atoms with E-state index < -0.39 is 17.6 Å². The number of aliphatic hydroxyl groups is 1. The summed E-state index contributed by atoms with van der Waals surface area (Å²) < 4.78 is 1.38. The number of carbonyl (C=O) groups excluding carboxylic acids is 4. The molecule has 11 nitrogen and oxygen atoms in total. The predicted octanol–water partition coefficient (Wildman–Crippen LogP) is 0.439. The van der Waals surface area contributed by atoms with E-state index in [-0.39, 0.29) is 43.7 Å². The molecule has 33 heavy (non-hydrogen) atoms. The Morgan fingerprint density at radius 2 is 2.03 bits per heavy atom. The van der Waals surface area contributed by atoms with Crippen molar-refractivity contribution in [2.45, 2.75) is 63.3 Å². The number of rotatable bonds is 5. The maximum absolute atomic E-state index is 12.9. The highest BCUT2D eigenvalue weighted by Crippen LogP contribution is 2.37. The summed E-state index contributed by atoms with van der Waals surface area (Å²) in [6.07, 6.45) is 5.16. The average Bonchev–Trinajstić information content (AvgIpc) is 3.49. The number of benzene rings is 1. The van der Waals surface area contributed by atoms with Gasteiger partial charge in [0.2, 0.25) is 17.7 Å². The Labute approximate surface area is 189 Å². The Morgan fingerprint density at radius 1 is 1.24 bits per heavy atom. The van der Waals surface area contributed by atoms with Gasteiger partial charge in [0, 0.05) is 29.8 Å². The lowest BCUT2D eigenvalue weighted by atomic mass is 9.99. The number of nitrogens with zero attached hydrogens (tertiary/aromatic N) is 4. The molecule has 1 aromatic carbocycles. The van der Waals surface area contributed by atoms with E-state index in [2.05, 4.69) is 20.9 Å². The molecule has 1 saturated heterocycles. The van der Waals surface area contributed by atoms with E-state index in [9.17, 15) is 24.3 Å². The van der Waals surface area contributed by atoms with Gasteiger partial charge in [-0.3, -0.25) is 24.5 Å². The summed E-state index contributed by atoms with van der Waals surface area (Å²) in [6, 6.07) is 4.31. The third-order valence-electron chi connectivity index (χ3n) is 6.61. The lowest BCUT2D eigenvalue weighted by Gasteiger charge is -2.29. The Bertz CT molecular complexity index is 1150. The van der Waals surface area contributed by atoms with Crippen LogP contribution in [-0.4, -0.2) is 54.7 Å². The zero-order chi connectivity index (χ0) is 23.2. The summed E-state index contributed by atoms with van der Waals surface area (Å²) in [5.74, 6) is -1.49. The van der Waals surface area contributed by atoms with Crippen LogP contribution in [0.2, 0.25) is 0 Å². The van der Waals surface area contributed by atoms with Gasteiger partial charge in [0.15, 0.2) is 0 Å². The van der Waals surface area contributed by atoms with Crippen LogP contribution in [0.25, 0.3) is 0 Å². The molecule has 3 N–H and O–H groups in total. The number of hydrogen-bond donors (Lipinski definition) is 3. The van der Waals surface area contributed by atoms with Gasteiger partial charge in [0.25, 0.3) is 5.91 Å². The molecular weight excluding hydrogens is 428 g/mol. The topological polar surface area (TPSA) is 147 Å². The quantitative estimate of drug-likeness (QED) is 0.558. The molecule has 11 heteroatoms.